The molecule has 1 aliphatic heterocycles. The van der Waals surface area contributed by atoms with Gasteiger partial charge in [0.15, 0.2) is 0 Å². The number of carbonyl (C=O) groups excluding carboxylic acids is 1. The number of nitro groups is 1. The lowest BCUT2D eigenvalue weighted by Crippen LogP contribution is -2.46. The fraction of sp³-hybridized carbons (Fsp3) is 0.225. The van der Waals surface area contributed by atoms with E-state index < -0.39 is 26.5 Å². The van der Waals surface area contributed by atoms with Gasteiger partial charge in [-0.2, -0.15) is 0 Å². The predicted octanol–water partition coefficient (Wildman–Crippen LogP) is 7.01. The van der Waals surface area contributed by atoms with Gasteiger partial charge in [-0.1, -0.05) is 30.3 Å². The van der Waals surface area contributed by atoms with E-state index in [1.807, 2.05) is 66.2 Å². The number of aromatic hydroxyl groups is 1. The Bertz CT molecular complexity index is 2190. The summed E-state index contributed by atoms with van der Waals surface area (Å²) in [5, 5.41) is 24.8. The van der Waals surface area contributed by atoms with Crippen LogP contribution in [0.1, 0.15) is 22.8 Å². The molecular weight excluding hydrogens is 727 g/mol. The smallest absolute Gasteiger partial charge is 0.293 e. The molecule has 12 nitrogen and oxygen atoms in total. The second kappa shape index (κ2) is 17.5. The molecule has 3 N–H and O–H groups in total. The molecule has 1 heterocycles. The third-order valence-electron chi connectivity index (χ3n) is 8.86. The standard InChI is InChI=1S/C40H41N5O7S2/c1-2-52-35-24-29(23-32(26-35)31-7-6-8-34(46)25-31)28-43-18-20-44(21-19-43)33-13-11-30(12-14-33)40(47)42-54(50,51)37-15-16-38(39(27-37)45(48)49)41-17-22-53-36-9-4-3-5-10-36/h3-16,23-27,41,46H,2,17-22,28H2,1H3,(H,42,47). The van der Waals surface area contributed by atoms with Crippen molar-refractivity contribution in [3.05, 3.63) is 137 Å². The molecule has 5 aromatic rings. The molecule has 1 amide bonds. The SMILES string of the molecule is CCOc1cc(CN2CCN(c3ccc(C(=O)NS(=O)(=O)c4ccc(NCCSc5ccccc5)c([N+](=O)[O-])c4)cc3)CC2)cc(-c2cccc(O)c2)c1. The average molecular weight is 768 g/mol. The number of hydrogen-bond donors (Lipinski definition) is 3. The van der Waals surface area contributed by atoms with E-state index in [-0.39, 0.29) is 21.9 Å². The number of nitro benzene ring substituents is 1. The van der Waals surface area contributed by atoms with Gasteiger partial charge < -0.3 is 20.1 Å². The Balaban J connectivity index is 1.03. The molecule has 0 aliphatic carbocycles. The third kappa shape index (κ3) is 9.89. The fourth-order valence-corrected chi connectivity index (χ4v) is 7.97. The molecule has 0 saturated carbocycles. The summed E-state index contributed by atoms with van der Waals surface area (Å²) in [5.41, 5.74) is 3.81. The number of piperazine rings is 1. The highest BCUT2D eigenvalue weighted by Gasteiger charge is 2.24. The lowest BCUT2D eigenvalue weighted by molar-refractivity contribution is -0.384. The van der Waals surface area contributed by atoms with Crippen molar-refractivity contribution in [1.29, 1.82) is 0 Å². The normalized spacial score (nSPS) is 13.3. The molecule has 54 heavy (non-hydrogen) atoms. The zero-order valence-electron chi connectivity index (χ0n) is 29.7. The number of phenolic OH excluding ortho intramolecular Hbond substituents is 1. The Labute approximate surface area is 319 Å². The largest absolute Gasteiger partial charge is 0.508 e. The molecule has 0 unspecified atom stereocenters. The molecule has 0 bridgehead atoms. The van der Waals surface area contributed by atoms with Crippen LogP contribution in [0.2, 0.25) is 0 Å². The van der Waals surface area contributed by atoms with Crippen molar-refractivity contribution in [2.75, 3.05) is 55.3 Å². The monoisotopic (exact) mass is 767 g/mol. The van der Waals surface area contributed by atoms with Gasteiger partial charge in [-0.05, 0) is 102 Å². The maximum Gasteiger partial charge on any atom is 0.293 e. The lowest BCUT2D eigenvalue weighted by Gasteiger charge is -2.36. The van der Waals surface area contributed by atoms with E-state index in [0.29, 0.717) is 18.9 Å². The van der Waals surface area contributed by atoms with Gasteiger partial charge in [0.1, 0.15) is 17.2 Å². The van der Waals surface area contributed by atoms with Gasteiger partial charge in [-0.3, -0.25) is 19.8 Å². The minimum Gasteiger partial charge on any atom is -0.508 e. The van der Waals surface area contributed by atoms with Crippen LogP contribution in [0.15, 0.2) is 125 Å². The van der Waals surface area contributed by atoms with Crippen molar-refractivity contribution in [1.82, 2.24) is 9.62 Å². The Hall–Kier alpha value is -5.57. The van der Waals surface area contributed by atoms with Gasteiger partial charge in [-0.15, -0.1) is 11.8 Å². The third-order valence-corrected chi connectivity index (χ3v) is 11.2. The second-order valence-corrected chi connectivity index (χ2v) is 15.5. The number of sulfonamides is 1. The summed E-state index contributed by atoms with van der Waals surface area (Å²) in [4.78, 5) is 29.5. The highest BCUT2D eigenvalue weighted by atomic mass is 32.2. The van der Waals surface area contributed by atoms with E-state index >= 15 is 0 Å². The second-order valence-electron chi connectivity index (χ2n) is 12.6. The first kappa shape index (κ1) is 38.2. The van der Waals surface area contributed by atoms with Gasteiger partial charge in [-0.25, -0.2) is 13.1 Å². The Morgan fingerprint density at radius 3 is 2.35 bits per heavy atom. The van der Waals surface area contributed by atoms with Gasteiger partial charge in [0.05, 0.1) is 16.4 Å². The van der Waals surface area contributed by atoms with Crippen molar-refractivity contribution in [3.8, 4) is 22.6 Å². The van der Waals surface area contributed by atoms with E-state index in [1.54, 1.807) is 48.2 Å². The molecule has 1 saturated heterocycles. The zero-order valence-corrected chi connectivity index (χ0v) is 31.3. The molecule has 280 valence electrons. The number of rotatable bonds is 15. The first-order valence-corrected chi connectivity index (χ1v) is 20.0. The Kier molecular flexibility index (Phi) is 12.4. The van der Waals surface area contributed by atoms with Crippen LogP contribution in [0, 0.1) is 10.1 Å². The number of benzene rings is 5. The Morgan fingerprint density at radius 2 is 1.65 bits per heavy atom. The van der Waals surface area contributed by atoms with Crippen molar-refractivity contribution < 1.29 is 28.0 Å². The molecule has 0 atom stereocenters. The number of anilines is 2. The highest BCUT2D eigenvalue weighted by molar-refractivity contribution is 7.99. The summed E-state index contributed by atoms with van der Waals surface area (Å²) in [6, 6.07) is 33.3. The average Bonchev–Trinajstić information content (AvgIpc) is 3.17. The van der Waals surface area contributed by atoms with E-state index in [2.05, 4.69) is 21.2 Å². The van der Waals surface area contributed by atoms with Gasteiger partial charge >= 0.3 is 0 Å². The van der Waals surface area contributed by atoms with Crippen LogP contribution in [0.5, 0.6) is 11.5 Å². The van der Waals surface area contributed by atoms with E-state index in [9.17, 15) is 28.4 Å². The number of hydrogen-bond acceptors (Lipinski definition) is 11. The minimum absolute atomic E-state index is 0.140. The van der Waals surface area contributed by atoms with Crippen LogP contribution in [0.25, 0.3) is 11.1 Å². The summed E-state index contributed by atoms with van der Waals surface area (Å²) in [5.74, 6) is 0.785. The van der Waals surface area contributed by atoms with Gasteiger partial charge in [0.25, 0.3) is 21.6 Å². The molecular formula is C40H41N5O7S2. The van der Waals surface area contributed by atoms with E-state index in [0.717, 1.165) is 71.8 Å². The minimum atomic E-state index is -4.40. The van der Waals surface area contributed by atoms with Crippen LogP contribution < -0.4 is 19.7 Å². The fourth-order valence-electron chi connectivity index (χ4n) is 6.19. The summed E-state index contributed by atoms with van der Waals surface area (Å²) in [6.07, 6.45) is 0. The molecule has 0 radical (unpaired) electrons. The molecule has 14 heteroatoms. The summed E-state index contributed by atoms with van der Waals surface area (Å²) < 4.78 is 34.2. The number of thioether (sulfide) groups is 1. The predicted molar refractivity (Wildman–Crippen MR) is 212 cm³/mol. The summed E-state index contributed by atoms with van der Waals surface area (Å²) in [6.45, 7) is 6.74. The van der Waals surface area contributed by atoms with Crippen LogP contribution >= 0.6 is 11.8 Å². The summed E-state index contributed by atoms with van der Waals surface area (Å²) in [7, 11) is -4.40. The molecule has 1 fully saturated rings. The molecule has 0 spiro atoms. The van der Waals surface area contributed by atoms with Crippen LogP contribution in [0.4, 0.5) is 17.1 Å². The van der Waals surface area contributed by atoms with Crippen molar-refractivity contribution in [2.45, 2.75) is 23.3 Å². The number of amides is 1. The maximum absolute atomic E-state index is 13.1. The number of phenols is 1. The van der Waals surface area contributed by atoms with Crippen molar-refractivity contribution in [2.24, 2.45) is 0 Å². The maximum atomic E-state index is 13.1. The molecule has 0 aromatic heterocycles. The summed E-state index contributed by atoms with van der Waals surface area (Å²) >= 11 is 1.59. The molecule has 5 aromatic carbocycles. The number of nitrogens with one attached hydrogen (secondary N) is 2. The molecule has 6 rings (SSSR count). The lowest BCUT2D eigenvalue weighted by atomic mass is 10.0. The van der Waals surface area contributed by atoms with E-state index in [1.165, 1.54) is 12.1 Å². The zero-order chi connectivity index (χ0) is 38.1. The Morgan fingerprint density at radius 1 is 0.889 bits per heavy atom. The van der Waals surface area contributed by atoms with E-state index in [4.69, 9.17) is 4.74 Å². The number of nitrogens with zero attached hydrogens (tertiary/aromatic N) is 3. The van der Waals surface area contributed by atoms with Crippen molar-refractivity contribution in [3.63, 3.8) is 0 Å². The van der Waals surface area contributed by atoms with Crippen LogP contribution in [0.3, 0.4) is 0 Å². The van der Waals surface area contributed by atoms with Gasteiger partial charge in [0.2, 0.25) is 0 Å². The number of carbonyl (C=O) groups is 1. The first-order chi connectivity index (χ1) is 26.1. The van der Waals surface area contributed by atoms with Crippen molar-refractivity contribution >= 4 is 44.8 Å². The first-order valence-electron chi connectivity index (χ1n) is 17.5. The highest BCUT2D eigenvalue weighted by Crippen LogP contribution is 2.31. The van der Waals surface area contributed by atoms with Gasteiger partial charge in [0, 0.05) is 67.2 Å². The number of ether oxygens (including phenoxy) is 1. The van der Waals surface area contributed by atoms with Crippen LogP contribution in [-0.2, 0) is 16.6 Å². The molecule has 1 aliphatic rings. The topological polar surface area (TPSA) is 154 Å². The van der Waals surface area contributed by atoms with Crippen LogP contribution in [-0.4, -0.2) is 74.3 Å². The quantitative estimate of drug-likeness (QED) is 0.0436.